The SMILES string of the molecule is COC(=O)c1c(C(C)C)nc2c(c1-c1ccc(F)cc1)COCN2S(C)(=O)=O. The maximum absolute atomic E-state index is 13.5. The summed E-state index contributed by atoms with van der Waals surface area (Å²) < 4.78 is 49.5. The Morgan fingerprint density at radius 3 is 2.46 bits per heavy atom. The Hall–Kier alpha value is -2.52. The summed E-state index contributed by atoms with van der Waals surface area (Å²) in [6.45, 7) is 3.58. The first kappa shape index (κ1) is 20.2. The molecule has 0 saturated carbocycles. The Bertz CT molecular complexity index is 1020. The highest BCUT2D eigenvalue weighted by atomic mass is 32.2. The van der Waals surface area contributed by atoms with Crippen molar-refractivity contribution in [3.63, 3.8) is 0 Å². The average molecular weight is 408 g/mol. The number of hydrogen-bond acceptors (Lipinski definition) is 6. The van der Waals surface area contributed by atoms with Gasteiger partial charge in [-0.1, -0.05) is 26.0 Å². The van der Waals surface area contributed by atoms with Crippen LogP contribution in [0.3, 0.4) is 0 Å². The van der Waals surface area contributed by atoms with Crippen LogP contribution in [0.5, 0.6) is 0 Å². The average Bonchev–Trinajstić information content (AvgIpc) is 2.65. The number of halogens is 1. The van der Waals surface area contributed by atoms with Crippen LogP contribution >= 0.6 is 0 Å². The van der Waals surface area contributed by atoms with E-state index in [1.54, 1.807) is 0 Å². The fourth-order valence-corrected chi connectivity index (χ4v) is 3.91. The molecule has 1 aromatic carbocycles. The van der Waals surface area contributed by atoms with E-state index in [0.717, 1.165) is 10.6 Å². The van der Waals surface area contributed by atoms with E-state index in [0.29, 0.717) is 22.4 Å². The zero-order chi connectivity index (χ0) is 20.6. The molecule has 0 bridgehead atoms. The summed E-state index contributed by atoms with van der Waals surface area (Å²) in [6, 6.07) is 5.61. The van der Waals surface area contributed by atoms with Crippen molar-refractivity contribution in [3.8, 4) is 11.1 Å². The van der Waals surface area contributed by atoms with Crippen LogP contribution in [0.2, 0.25) is 0 Å². The molecule has 0 atom stereocenters. The van der Waals surface area contributed by atoms with Gasteiger partial charge in [0.1, 0.15) is 12.5 Å². The largest absolute Gasteiger partial charge is 0.465 e. The Labute approximate surface area is 163 Å². The van der Waals surface area contributed by atoms with Crippen LogP contribution < -0.4 is 4.31 Å². The Morgan fingerprint density at radius 2 is 1.93 bits per heavy atom. The van der Waals surface area contributed by atoms with Crippen LogP contribution in [0.1, 0.15) is 41.4 Å². The van der Waals surface area contributed by atoms with Crippen LogP contribution in [0.15, 0.2) is 24.3 Å². The maximum atomic E-state index is 13.5. The van der Waals surface area contributed by atoms with Crippen molar-refractivity contribution in [1.82, 2.24) is 4.98 Å². The molecule has 1 aromatic heterocycles. The van der Waals surface area contributed by atoms with Crippen molar-refractivity contribution in [3.05, 3.63) is 46.9 Å². The van der Waals surface area contributed by atoms with Gasteiger partial charge < -0.3 is 9.47 Å². The summed E-state index contributed by atoms with van der Waals surface area (Å²) in [5, 5.41) is 0. The summed E-state index contributed by atoms with van der Waals surface area (Å²) in [5.41, 5.74) is 2.05. The lowest BCUT2D eigenvalue weighted by Gasteiger charge is -2.31. The molecule has 0 radical (unpaired) electrons. The quantitative estimate of drug-likeness (QED) is 0.723. The number of sulfonamides is 1. The highest BCUT2D eigenvalue weighted by molar-refractivity contribution is 7.92. The molecule has 0 fully saturated rings. The molecule has 0 amide bonds. The Balaban J connectivity index is 2.44. The third-order valence-corrected chi connectivity index (χ3v) is 5.54. The van der Waals surface area contributed by atoms with E-state index in [2.05, 4.69) is 4.98 Å². The third-order valence-electron chi connectivity index (χ3n) is 4.46. The number of anilines is 1. The normalized spacial score (nSPS) is 14.1. The van der Waals surface area contributed by atoms with Gasteiger partial charge in [0.15, 0.2) is 5.82 Å². The third kappa shape index (κ3) is 3.59. The molecule has 9 heteroatoms. The molecule has 0 saturated heterocycles. The monoisotopic (exact) mass is 408 g/mol. The summed E-state index contributed by atoms with van der Waals surface area (Å²) in [4.78, 5) is 17.2. The van der Waals surface area contributed by atoms with Crippen molar-refractivity contribution in [2.45, 2.75) is 26.4 Å². The topological polar surface area (TPSA) is 85.8 Å². The van der Waals surface area contributed by atoms with Gasteiger partial charge in [-0.2, -0.15) is 0 Å². The molecular weight excluding hydrogens is 387 g/mol. The standard InChI is InChI=1S/C19H21FN2O5S/c1-11(2)17-16(19(23)26-3)15(12-5-7-13(20)8-6-12)14-9-27-10-22(18(14)21-17)28(4,24)25/h5-8,11H,9-10H2,1-4H3. The number of carbonyl (C=O) groups excluding carboxylic acids is 1. The number of esters is 1. The highest BCUT2D eigenvalue weighted by Gasteiger charge is 2.34. The van der Waals surface area contributed by atoms with Crippen LogP contribution in [-0.4, -0.2) is 39.5 Å². The first-order valence-corrected chi connectivity index (χ1v) is 10.5. The number of fused-ring (bicyclic) bond motifs is 1. The zero-order valence-corrected chi connectivity index (χ0v) is 16.8. The van der Waals surface area contributed by atoms with Crippen LogP contribution in [-0.2, 0) is 26.1 Å². The fourth-order valence-electron chi connectivity index (χ4n) is 3.18. The second kappa shape index (κ2) is 7.48. The van der Waals surface area contributed by atoms with Crippen molar-refractivity contribution in [2.24, 2.45) is 0 Å². The lowest BCUT2D eigenvalue weighted by atomic mass is 9.90. The molecule has 0 spiro atoms. The molecule has 1 aliphatic heterocycles. The minimum Gasteiger partial charge on any atom is -0.465 e. The van der Waals surface area contributed by atoms with Crippen molar-refractivity contribution < 1.29 is 27.1 Å². The number of nitrogens with zero attached hydrogens (tertiary/aromatic N) is 2. The minimum atomic E-state index is -3.66. The van der Waals surface area contributed by atoms with E-state index in [9.17, 15) is 17.6 Å². The Kier molecular flexibility index (Phi) is 5.40. The zero-order valence-electron chi connectivity index (χ0n) is 16.0. The summed E-state index contributed by atoms with van der Waals surface area (Å²) in [5.74, 6) is -1.01. The van der Waals surface area contributed by atoms with E-state index in [4.69, 9.17) is 9.47 Å². The van der Waals surface area contributed by atoms with E-state index in [1.165, 1.54) is 31.4 Å². The molecule has 150 valence electrons. The number of carbonyl (C=O) groups is 1. The van der Waals surface area contributed by atoms with E-state index >= 15 is 0 Å². The molecule has 3 rings (SSSR count). The molecular formula is C19H21FN2O5S. The van der Waals surface area contributed by atoms with E-state index in [-0.39, 0.29) is 30.6 Å². The van der Waals surface area contributed by atoms with Gasteiger partial charge in [-0.15, -0.1) is 0 Å². The first-order chi connectivity index (χ1) is 13.1. The summed E-state index contributed by atoms with van der Waals surface area (Å²) in [7, 11) is -2.39. The summed E-state index contributed by atoms with van der Waals surface area (Å²) >= 11 is 0. The van der Waals surface area contributed by atoms with E-state index < -0.39 is 21.8 Å². The number of hydrogen-bond donors (Lipinski definition) is 0. The number of rotatable bonds is 4. The van der Waals surface area contributed by atoms with Crippen LogP contribution in [0, 0.1) is 5.82 Å². The predicted octanol–water partition coefficient (Wildman–Crippen LogP) is 3.05. The number of aromatic nitrogens is 1. The van der Waals surface area contributed by atoms with Gasteiger partial charge >= 0.3 is 5.97 Å². The summed E-state index contributed by atoms with van der Waals surface area (Å²) in [6.07, 6.45) is 1.06. The lowest BCUT2D eigenvalue weighted by Crippen LogP contribution is -2.37. The van der Waals surface area contributed by atoms with Crippen molar-refractivity contribution in [2.75, 3.05) is 24.4 Å². The highest BCUT2D eigenvalue weighted by Crippen LogP contribution is 2.40. The first-order valence-electron chi connectivity index (χ1n) is 8.61. The van der Waals surface area contributed by atoms with Gasteiger partial charge in [0.25, 0.3) is 0 Å². The smallest absolute Gasteiger partial charge is 0.340 e. The molecule has 0 unspecified atom stereocenters. The van der Waals surface area contributed by atoms with Gasteiger partial charge in [0, 0.05) is 11.1 Å². The molecule has 28 heavy (non-hydrogen) atoms. The van der Waals surface area contributed by atoms with Crippen molar-refractivity contribution in [1.29, 1.82) is 0 Å². The fraction of sp³-hybridized carbons (Fsp3) is 0.368. The molecule has 1 aliphatic rings. The minimum absolute atomic E-state index is 0.0590. The molecule has 2 aromatic rings. The van der Waals surface area contributed by atoms with Gasteiger partial charge in [0.2, 0.25) is 10.0 Å². The number of ether oxygens (including phenoxy) is 2. The molecule has 0 N–H and O–H groups in total. The van der Waals surface area contributed by atoms with Gasteiger partial charge in [-0.05, 0) is 23.6 Å². The maximum Gasteiger partial charge on any atom is 0.340 e. The van der Waals surface area contributed by atoms with Gasteiger partial charge in [-0.25, -0.2) is 26.9 Å². The van der Waals surface area contributed by atoms with Crippen molar-refractivity contribution >= 4 is 21.8 Å². The second-order valence-electron chi connectivity index (χ2n) is 6.79. The Morgan fingerprint density at radius 1 is 1.29 bits per heavy atom. The number of pyridine rings is 1. The number of benzene rings is 1. The number of methoxy groups -OCH3 is 1. The van der Waals surface area contributed by atoms with Crippen LogP contribution in [0.25, 0.3) is 11.1 Å². The van der Waals surface area contributed by atoms with Gasteiger partial charge in [-0.3, -0.25) is 0 Å². The second-order valence-corrected chi connectivity index (χ2v) is 8.70. The van der Waals surface area contributed by atoms with Crippen LogP contribution in [0.4, 0.5) is 10.2 Å². The predicted molar refractivity (Wildman–Crippen MR) is 102 cm³/mol. The molecule has 0 aliphatic carbocycles. The van der Waals surface area contributed by atoms with E-state index in [1.807, 2.05) is 13.8 Å². The van der Waals surface area contributed by atoms with Gasteiger partial charge in [0.05, 0.1) is 31.2 Å². The molecule has 7 nitrogen and oxygen atoms in total. The lowest BCUT2D eigenvalue weighted by molar-refractivity contribution is 0.0598. The molecule has 2 heterocycles.